The predicted octanol–water partition coefficient (Wildman–Crippen LogP) is 2.48. The summed E-state index contributed by atoms with van der Waals surface area (Å²) >= 11 is 6.25. The van der Waals surface area contributed by atoms with Crippen molar-refractivity contribution in [3.8, 4) is 0 Å². The highest BCUT2D eigenvalue weighted by molar-refractivity contribution is 14.1. The van der Waals surface area contributed by atoms with E-state index in [2.05, 4.69) is 49.9 Å². The lowest BCUT2D eigenvalue weighted by Crippen LogP contribution is -2.17. The van der Waals surface area contributed by atoms with Crippen LogP contribution in [0.2, 0.25) is 0 Å². The van der Waals surface area contributed by atoms with Crippen molar-refractivity contribution in [2.24, 2.45) is 0 Å². The van der Waals surface area contributed by atoms with Crippen molar-refractivity contribution in [1.82, 2.24) is 0 Å². The van der Waals surface area contributed by atoms with E-state index in [1.54, 1.807) is 6.07 Å². The Bertz CT molecular complexity index is 703. The number of benzene rings is 1. The van der Waals surface area contributed by atoms with E-state index >= 15 is 0 Å². The monoisotopic (exact) mass is 680 g/mol. The molecule has 1 rings (SSSR count). The van der Waals surface area contributed by atoms with Gasteiger partial charge >= 0.3 is 11.9 Å². The zero-order valence-corrected chi connectivity index (χ0v) is 18.7. The van der Waals surface area contributed by atoms with Crippen LogP contribution in [0.25, 0.3) is 0 Å². The van der Waals surface area contributed by atoms with Gasteiger partial charge in [0.25, 0.3) is 10.1 Å². The van der Waals surface area contributed by atoms with Gasteiger partial charge in [-0.2, -0.15) is 8.42 Å². The number of hydrogen-bond acceptors (Lipinski definition) is 6. The summed E-state index contributed by atoms with van der Waals surface area (Å²) in [5.74, 6) is -1.93. The Morgan fingerprint density at radius 3 is 2.35 bits per heavy atom. The maximum atomic E-state index is 12.0. The minimum atomic E-state index is -4.17. The molecule has 0 bridgehead atoms. The summed E-state index contributed by atoms with van der Waals surface area (Å²) in [6.45, 7) is -0.625. The average molecular weight is 680 g/mol. The van der Waals surface area contributed by atoms with Crippen LogP contribution in [-0.4, -0.2) is 43.9 Å². The molecule has 0 aliphatic rings. The fourth-order valence-corrected chi connectivity index (χ4v) is 4.01. The molecule has 0 atom stereocenters. The summed E-state index contributed by atoms with van der Waals surface area (Å²) in [4.78, 5) is 23.3. The second-order valence-electron chi connectivity index (χ2n) is 4.14. The lowest BCUT2D eigenvalue weighted by atomic mass is 10.2. The van der Waals surface area contributed by atoms with Gasteiger partial charge in [0.15, 0.2) is 0 Å². The Labute approximate surface area is 174 Å². The van der Waals surface area contributed by atoms with Crippen LogP contribution in [0.15, 0.2) is 12.1 Å². The third-order valence-electron chi connectivity index (χ3n) is 2.36. The molecule has 0 fully saturated rings. The van der Waals surface area contributed by atoms with Crippen molar-refractivity contribution in [3.05, 3.63) is 28.4 Å². The molecule has 0 aliphatic heterocycles. The van der Waals surface area contributed by atoms with Crippen LogP contribution in [0.4, 0.5) is 0 Å². The van der Waals surface area contributed by atoms with Gasteiger partial charge < -0.3 is 9.47 Å². The summed E-state index contributed by atoms with van der Waals surface area (Å²) in [6, 6.07) is 3.61. The van der Waals surface area contributed by atoms with E-state index < -0.39 is 34.4 Å². The van der Waals surface area contributed by atoms with E-state index in [1.165, 1.54) is 0 Å². The van der Waals surface area contributed by atoms with E-state index in [0.717, 1.165) is 10.7 Å². The molecule has 23 heavy (non-hydrogen) atoms. The summed E-state index contributed by atoms with van der Waals surface area (Å²) < 4.78 is 41.6. The summed E-state index contributed by atoms with van der Waals surface area (Å²) in [6.07, 6.45) is -0.200. The highest BCUT2D eigenvalue weighted by atomic mass is 127. The van der Waals surface area contributed by atoms with Gasteiger partial charge in [-0.25, -0.2) is 4.79 Å². The number of ether oxygens (including phenoxy) is 2. The molecule has 0 aliphatic carbocycles. The average Bonchev–Trinajstić information content (AvgIpc) is 2.41. The van der Waals surface area contributed by atoms with Crippen molar-refractivity contribution in [3.63, 3.8) is 0 Å². The first-order valence-corrected chi connectivity index (χ1v) is 10.9. The van der Waals surface area contributed by atoms with Gasteiger partial charge in [-0.05, 0) is 79.9 Å². The van der Waals surface area contributed by atoms with Crippen LogP contribution >= 0.6 is 67.8 Å². The fraction of sp³-hybridized carbons (Fsp3) is 0.333. The van der Waals surface area contributed by atoms with E-state index in [0.29, 0.717) is 5.56 Å². The van der Waals surface area contributed by atoms with Gasteiger partial charge in [-0.15, -0.1) is 0 Å². The molecule has 0 aromatic heterocycles. The molecule has 128 valence electrons. The van der Waals surface area contributed by atoms with Crippen molar-refractivity contribution < 1.29 is 32.0 Å². The molecule has 0 radical (unpaired) electrons. The number of rotatable bonds is 7. The Morgan fingerprint density at radius 2 is 1.74 bits per heavy atom. The summed E-state index contributed by atoms with van der Waals surface area (Å²) in [5, 5.41) is 0. The van der Waals surface area contributed by atoms with E-state index in [-0.39, 0.29) is 13.0 Å². The normalized spacial score (nSPS) is 11.1. The van der Waals surface area contributed by atoms with Crippen molar-refractivity contribution in [1.29, 1.82) is 0 Å². The molecule has 0 heterocycles. The predicted molar refractivity (Wildman–Crippen MR) is 107 cm³/mol. The lowest BCUT2D eigenvalue weighted by molar-refractivity contribution is -0.143. The minimum absolute atomic E-state index is 0.179. The SMILES string of the molecule is O=C(CCOC(=O)c1cc(I)cc(I)c1I)OCCS(=O)(=O)O. The zero-order valence-electron chi connectivity index (χ0n) is 11.4. The third kappa shape index (κ3) is 8.26. The third-order valence-corrected chi connectivity index (χ3v) is 6.71. The largest absolute Gasteiger partial charge is 0.464 e. The first-order valence-electron chi connectivity index (χ1n) is 6.02. The zero-order chi connectivity index (χ0) is 17.6. The number of halogens is 3. The molecule has 1 aromatic rings. The minimum Gasteiger partial charge on any atom is -0.464 e. The highest BCUT2D eigenvalue weighted by Crippen LogP contribution is 2.23. The standard InChI is InChI=1S/C12H11I3O7S/c13-7-5-8(11(15)9(14)6-7)12(17)22-2-1-10(16)21-3-4-23(18,19)20/h5-6H,1-4H2,(H,18,19,20). The van der Waals surface area contributed by atoms with E-state index in [1.807, 2.05) is 28.7 Å². The molecule has 0 amide bonds. The molecule has 0 spiro atoms. The molecule has 1 aromatic carbocycles. The van der Waals surface area contributed by atoms with Crippen molar-refractivity contribution in [2.45, 2.75) is 6.42 Å². The first-order chi connectivity index (χ1) is 10.6. The lowest BCUT2D eigenvalue weighted by Gasteiger charge is -2.08. The Kier molecular flexibility index (Phi) is 8.95. The van der Waals surface area contributed by atoms with Crippen LogP contribution in [0.1, 0.15) is 16.8 Å². The Morgan fingerprint density at radius 1 is 1.09 bits per heavy atom. The number of hydrogen-bond donors (Lipinski definition) is 1. The molecule has 11 heteroatoms. The van der Waals surface area contributed by atoms with Crippen LogP contribution in [-0.2, 0) is 24.4 Å². The van der Waals surface area contributed by atoms with Gasteiger partial charge in [0.1, 0.15) is 19.0 Å². The van der Waals surface area contributed by atoms with Gasteiger partial charge in [-0.1, -0.05) is 0 Å². The molecule has 0 unspecified atom stereocenters. The topological polar surface area (TPSA) is 107 Å². The van der Waals surface area contributed by atoms with Gasteiger partial charge in [-0.3, -0.25) is 9.35 Å². The number of esters is 2. The fourth-order valence-electron chi connectivity index (χ4n) is 1.34. The van der Waals surface area contributed by atoms with Gasteiger partial charge in [0.05, 0.1) is 12.0 Å². The summed E-state index contributed by atoms with van der Waals surface area (Å²) in [7, 11) is -4.17. The second kappa shape index (κ2) is 9.67. The van der Waals surface area contributed by atoms with Crippen LogP contribution in [0, 0.1) is 10.7 Å². The quantitative estimate of drug-likeness (QED) is 0.204. The Balaban J connectivity index is 2.44. The van der Waals surface area contributed by atoms with Crippen molar-refractivity contribution >= 4 is 89.8 Å². The molecule has 0 saturated carbocycles. The molecule has 1 N–H and O–H groups in total. The smallest absolute Gasteiger partial charge is 0.339 e. The molecular formula is C12H11I3O7S. The van der Waals surface area contributed by atoms with Gasteiger partial charge in [0, 0.05) is 10.7 Å². The van der Waals surface area contributed by atoms with Crippen LogP contribution < -0.4 is 0 Å². The summed E-state index contributed by atoms with van der Waals surface area (Å²) in [5.41, 5.74) is 0.418. The highest BCUT2D eigenvalue weighted by Gasteiger charge is 2.16. The maximum Gasteiger partial charge on any atom is 0.339 e. The molecular weight excluding hydrogens is 669 g/mol. The molecule has 7 nitrogen and oxygen atoms in total. The van der Waals surface area contributed by atoms with Crippen LogP contribution in [0.5, 0.6) is 0 Å². The maximum absolute atomic E-state index is 12.0. The van der Waals surface area contributed by atoms with Crippen LogP contribution in [0.3, 0.4) is 0 Å². The van der Waals surface area contributed by atoms with E-state index in [9.17, 15) is 18.0 Å². The number of carbonyl (C=O) groups excluding carboxylic acids is 2. The second-order valence-corrected chi connectivity index (χ2v) is 9.20. The number of carbonyl (C=O) groups is 2. The van der Waals surface area contributed by atoms with Gasteiger partial charge in [0.2, 0.25) is 0 Å². The van der Waals surface area contributed by atoms with E-state index in [4.69, 9.17) is 9.29 Å². The Hall–Kier alpha value is 0.260. The molecule has 0 saturated heterocycles. The first kappa shape index (κ1) is 21.3. The van der Waals surface area contributed by atoms with Crippen molar-refractivity contribution in [2.75, 3.05) is 19.0 Å².